The van der Waals surface area contributed by atoms with E-state index in [1.165, 1.54) is 17.7 Å². The van der Waals surface area contributed by atoms with Crippen LogP contribution in [0.25, 0.3) is 6.08 Å². The van der Waals surface area contributed by atoms with E-state index in [4.69, 9.17) is 9.84 Å². The second-order valence-electron chi connectivity index (χ2n) is 12.0. The van der Waals surface area contributed by atoms with E-state index in [9.17, 15) is 14.4 Å². The molecule has 3 heterocycles. The first kappa shape index (κ1) is 28.6. The van der Waals surface area contributed by atoms with Crippen molar-refractivity contribution in [1.29, 1.82) is 0 Å². The van der Waals surface area contributed by atoms with Gasteiger partial charge in [-0.2, -0.15) is 10.2 Å². The van der Waals surface area contributed by atoms with Crippen molar-refractivity contribution in [1.82, 2.24) is 10.0 Å². The molecule has 0 unspecified atom stereocenters. The predicted molar refractivity (Wildman–Crippen MR) is 169 cm³/mol. The molecule has 3 aromatic rings. The first-order chi connectivity index (χ1) is 21.8. The zero-order chi connectivity index (χ0) is 31.2. The van der Waals surface area contributed by atoms with Crippen molar-refractivity contribution in [3.05, 3.63) is 101 Å². The summed E-state index contributed by atoms with van der Waals surface area (Å²) in [5, 5.41) is 16.2. The minimum atomic E-state index is -1.03. The van der Waals surface area contributed by atoms with Crippen LogP contribution in [0.3, 0.4) is 0 Å². The van der Waals surface area contributed by atoms with Crippen molar-refractivity contribution in [2.45, 2.75) is 51.2 Å². The number of methoxy groups -OCH3 is 1. The molecule has 10 heteroatoms. The Morgan fingerprint density at radius 2 is 1.64 bits per heavy atom. The number of ether oxygens (including phenoxy) is 1. The summed E-state index contributed by atoms with van der Waals surface area (Å²) in [6.07, 6.45) is 4.96. The number of anilines is 1. The second-order valence-corrected chi connectivity index (χ2v) is 12.0. The highest BCUT2D eigenvalue weighted by Gasteiger charge is 2.56. The maximum atomic E-state index is 14.2. The fourth-order valence-electron chi connectivity index (χ4n) is 6.78. The largest absolute Gasteiger partial charge is 0.495 e. The zero-order valence-corrected chi connectivity index (χ0v) is 25.5. The molecule has 10 nitrogen and oxygen atoms in total. The smallest absolute Gasteiger partial charge is 0.264 e. The van der Waals surface area contributed by atoms with E-state index in [2.05, 4.69) is 71.9 Å². The van der Waals surface area contributed by atoms with Gasteiger partial charge < -0.3 is 4.74 Å². The Kier molecular flexibility index (Phi) is 7.27. The van der Waals surface area contributed by atoms with E-state index in [0.29, 0.717) is 11.4 Å². The molecule has 1 aliphatic carbocycles. The summed E-state index contributed by atoms with van der Waals surface area (Å²) in [5.41, 5.74) is 6.83. The number of carbonyl (C=O) groups is 3. The lowest BCUT2D eigenvalue weighted by Crippen LogP contribution is -2.45. The number of imide groups is 1. The Bertz CT molecular complexity index is 1760. The van der Waals surface area contributed by atoms with E-state index < -0.39 is 23.9 Å². The summed E-state index contributed by atoms with van der Waals surface area (Å²) in [7, 11) is 1.48. The molecule has 2 fully saturated rings. The van der Waals surface area contributed by atoms with Crippen molar-refractivity contribution in [2.24, 2.45) is 21.4 Å². The second kappa shape index (κ2) is 11.4. The third kappa shape index (κ3) is 5.00. The SMILES string of the molecule is COc1ccccc1N1C(=O)[C@@H]2N=NN(CC(=O)N3N=C4/C(=C\c5ccc(C)cc5)CCC[C@@H]4[C@@H]3c3ccc(C)cc3)[C@H]2C1=O. The number of hydrogen-bond donors (Lipinski definition) is 0. The molecular formula is C35H34N6O4. The summed E-state index contributed by atoms with van der Waals surface area (Å²) in [6.45, 7) is 3.86. The van der Waals surface area contributed by atoms with Gasteiger partial charge in [0.25, 0.3) is 17.7 Å². The summed E-state index contributed by atoms with van der Waals surface area (Å²) >= 11 is 0. The third-order valence-corrected chi connectivity index (χ3v) is 9.08. The zero-order valence-electron chi connectivity index (χ0n) is 25.5. The van der Waals surface area contributed by atoms with Crippen LogP contribution in [0.15, 0.2) is 93.8 Å². The van der Waals surface area contributed by atoms with E-state index in [0.717, 1.165) is 52.1 Å². The van der Waals surface area contributed by atoms with Crippen molar-refractivity contribution in [2.75, 3.05) is 18.6 Å². The fraction of sp³-hybridized carbons (Fsp3) is 0.314. The monoisotopic (exact) mass is 602 g/mol. The minimum Gasteiger partial charge on any atom is -0.495 e. The van der Waals surface area contributed by atoms with Crippen molar-refractivity contribution in [3.63, 3.8) is 0 Å². The lowest BCUT2D eigenvalue weighted by Gasteiger charge is -2.30. The van der Waals surface area contributed by atoms with Crippen LogP contribution in [0.5, 0.6) is 5.75 Å². The van der Waals surface area contributed by atoms with Crippen molar-refractivity contribution < 1.29 is 19.1 Å². The van der Waals surface area contributed by atoms with E-state index >= 15 is 0 Å². The van der Waals surface area contributed by atoms with Gasteiger partial charge in [-0.15, -0.1) is 0 Å². The standard InChI is InChI=1S/C35H34N6O4/c1-21-11-15-23(16-12-21)19-25-7-6-8-26-30(25)37-41(32(26)24-17-13-22(2)14-18-24)29(42)20-39-33-31(36-38-39)34(43)40(35(33)44)27-9-4-5-10-28(27)45-3/h4-5,9-19,26,31-33H,6-8,20H2,1-3H3/b25-19-/t26-,31+,32-,33+/m0/s1. The maximum absolute atomic E-state index is 14.2. The van der Waals surface area contributed by atoms with E-state index in [1.807, 2.05) is 6.92 Å². The average molecular weight is 603 g/mol. The Hall–Kier alpha value is -5.12. The van der Waals surface area contributed by atoms with Crippen LogP contribution in [0.2, 0.25) is 0 Å². The first-order valence-corrected chi connectivity index (χ1v) is 15.3. The first-order valence-electron chi connectivity index (χ1n) is 15.3. The molecule has 45 heavy (non-hydrogen) atoms. The molecule has 3 aliphatic heterocycles. The third-order valence-electron chi connectivity index (χ3n) is 9.08. The number of nitrogens with zero attached hydrogens (tertiary/aromatic N) is 6. The van der Waals surface area contributed by atoms with Gasteiger partial charge in [0.15, 0.2) is 12.1 Å². The molecular weight excluding hydrogens is 568 g/mol. The molecule has 4 atom stereocenters. The number of benzene rings is 3. The topological polar surface area (TPSA) is 107 Å². The number of hydrogen-bond acceptors (Lipinski definition) is 8. The molecule has 0 bridgehead atoms. The van der Waals surface area contributed by atoms with Gasteiger partial charge in [-0.1, -0.05) is 77.0 Å². The Balaban J connectivity index is 1.19. The molecule has 3 aromatic carbocycles. The highest BCUT2D eigenvalue weighted by Crippen LogP contribution is 2.45. The Morgan fingerprint density at radius 3 is 2.38 bits per heavy atom. The molecule has 1 saturated carbocycles. The minimum absolute atomic E-state index is 0.0331. The maximum Gasteiger partial charge on any atom is 0.264 e. The number of amides is 3. The van der Waals surface area contributed by atoms with Gasteiger partial charge in [0.05, 0.1) is 24.6 Å². The van der Waals surface area contributed by atoms with E-state index in [-0.39, 0.29) is 24.4 Å². The normalized spacial score (nSPS) is 24.7. The molecule has 0 radical (unpaired) electrons. The molecule has 4 aliphatic rings. The number of para-hydroxylation sites is 2. The number of hydrazone groups is 1. The summed E-state index contributed by atoms with van der Waals surface area (Å²) in [4.78, 5) is 42.2. The van der Waals surface area contributed by atoms with Gasteiger partial charge in [-0.25, -0.2) is 9.91 Å². The summed E-state index contributed by atoms with van der Waals surface area (Å²) in [6, 6.07) is 21.1. The number of rotatable bonds is 6. The molecule has 7 rings (SSSR count). The number of allylic oxidation sites excluding steroid dienone is 1. The summed E-state index contributed by atoms with van der Waals surface area (Å²) in [5.74, 6) is -0.876. The number of aryl methyl sites for hydroxylation is 2. The van der Waals surface area contributed by atoms with Crippen LogP contribution < -0.4 is 9.64 Å². The van der Waals surface area contributed by atoms with Crippen LogP contribution in [-0.4, -0.2) is 59.2 Å². The lowest BCUT2D eigenvalue weighted by atomic mass is 9.77. The Labute approximate surface area is 261 Å². The number of carbonyl (C=O) groups excluding carboxylic acids is 3. The van der Waals surface area contributed by atoms with E-state index in [1.54, 1.807) is 29.3 Å². The van der Waals surface area contributed by atoms with Crippen molar-refractivity contribution >= 4 is 35.2 Å². The fourth-order valence-corrected chi connectivity index (χ4v) is 6.78. The molecule has 1 saturated heterocycles. The highest BCUT2D eigenvalue weighted by atomic mass is 16.5. The summed E-state index contributed by atoms with van der Waals surface area (Å²) < 4.78 is 5.40. The quantitative estimate of drug-likeness (QED) is 0.350. The van der Waals surface area contributed by atoms with Gasteiger partial charge >= 0.3 is 0 Å². The van der Waals surface area contributed by atoms with Gasteiger partial charge in [0, 0.05) is 5.92 Å². The highest BCUT2D eigenvalue weighted by molar-refractivity contribution is 6.26. The molecule has 3 amide bonds. The molecule has 228 valence electrons. The van der Waals surface area contributed by atoms with Gasteiger partial charge in [0.1, 0.15) is 12.3 Å². The lowest BCUT2D eigenvalue weighted by molar-refractivity contribution is -0.136. The van der Waals surface area contributed by atoms with Crippen LogP contribution in [-0.2, 0) is 14.4 Å². The predicted octanol–water partition coefficient (Wildman–Crippen LogP) is 5.43. The number of fused-ring (bicyclic) bond motifs is 2. The molecule has 0 N–H and O–H groups in total. The van der Waals surface area contributed by atoms with Crippen LogP contribution in [0, 0.1) is 19.8 Å². The molecule has 0 spiro atoms. The van der Waals surface area contributed by atoms with Gasteiger partial charge in [0.2, 0.25) is 0 Å². The Morgan fingerprint density at radius 1 is 0.933 bits per heavy atom. The van der Waals surface area contributed by atoms with Gasteiger partial charge in [-0.3, -0.25) is 19.4 Å². The van der Waals surface area contributed by atoms with Crippen LogP contribution >= 0.6 is 0 Å². The van der Waals surface area contributed by atoms with Crippen LogP contribution in [0.1, 0.15) is 47.6 Å². The van der Waals surface area contributed by atoms with Gasteiger partial charge in [-0.05, 0) is 68.0 Å². The van der Waals surface area contributed by atoms with Crippen molar-refractivity contribution in [3.8, 4) is 5.75 Å². The average Bonchev–Trinajstić information content (AvgIpc) is 3.72. The molecule has 0 aromatic heterocycles. The van der Waals surface area contributed by atoms with Crippen LogP contribution in [0.4, 0.5) is 5.69 Å².